The number of thiophene rings is 1. The highest BCUT2D eigenvalue weighted by molar-refractivity contribution is 7.10. The van der Waals surface area contributed by atoms with Crippen LogP contribution in [0.5, 0.6) is 5.75 Å². The highest BCUT2D eigenvalue weighted by atomic mass is 32.1. The molecule has 1 aliphatic rings. The zero-order valence-electron chi connectivity index (χ0n) is 15.4. The van der Waals surface area contributed by atoms with Crippen molar-refractivity contribution >= 4 is 17.2 Å². The van der Waals surface area contributed by atoms with Crippen LogP contribution in [0.4, 0.5) is 0 Å². The van der Waals surface area contributed by atoms with Crippen molar-refractivity contribution in [2.45, 2.75) is 38.1 Å². The van der Waals surface area contributed by atoms with E-state index in [4.69, 9.17) is 4.74 Å². The summed E-state index contributed by atoms with van der Waals surface area (Å²) in [5.74, 6) is 0.889. The Morgan fingerprint density at radius 2 is 1.88 bits per heavy atom. The topological polar surface area (TPSA) is 41.6 Å². The molecule has 0 radical (unpaired) electrons. The molecule has 1 N–H and O–H groups in total. The number of nitrogens with zero attached hydrogens (tertiary/aromatic N) is 1. The van der Waals surface area contributed by atoms with Gasteiger partial charge in [-0.1, -0.05) is 31.0 Å². The van der Waals surface area contributed by atoms with Gasteiger partial charge in [-0.25, -0.2) is 0 Å². The van der Waals surface area contributed by atoms with Gasteiger partial charge in [0, 0.05) is 11.4 Å². The number of carbonyl (C=O) groups excluding carboxylic acids is 1. The molecule has 0 aliphatic carbocycles. The summed E-state index contributed by atoms with van der Waals surface area (Å²) in [6, 6.07) is 12.3. The average molecular weight is 373 g/mol. The van der Waals surface area contributed by atoms with E-state index in [2.05, 4.69) is 27.7 Å². The molecule has 0 spiro atoms. The molecule has 1 aromatic heterocycles. The van der Waals surface area contributed by atoms with Crippen LogP contribution in [0.2, 0.25) is 0 Å². The predicted octanol–water partition coefficient (Wildman–Crippen LogP) is 4.03. The molecule has 1 aliphatic heterocycles. The van der Waals surface area contributed by atoms with Gasteiger partial charge in [0.15, 0.2) is 0 Å². The van der Waals surface area contributed by atoms with Gasteiger partial charge >= 0.3 is 0 Å². The van der Waals surface area contributed by atoms with Gasteiger partial charge in [0.05, 0.1) is 19.6 Å². The maximum Gasteiger partial charge on any atom is 0.224 e. The van der Waals surface area contributed by atoms with Crippen LogP contribution in [0.25, 0.3) is 0 Å². The van der Waals surface area contributed by atoms with E-state index >= 15 is 0 Å². The van der Waals surface area contributed by atoms with Crippen LogP contribution < -0.4 is 10.1 Å². The lowest BCUT2D eigenvalue weighted by Gasteiger charge is -2.30. The lowest BCUT2D eigenvalue weighted by Crippen LogP contribution is -2.38. The second-order valence-corrected chi connectivity index (χ2v) is 7.79. The normalized spacial score (nSPS) is 16.7. The van der Waals surface area contributed by atoms with Crippen molar-refractivity contribution < 1.29 is 9.53 Å². The number of amides is 1. The van der Waals surface area contributed by atoms with Gasteiger partial charge < -0.3 is 10.1 Å². The Morgan fingerprint density at radius 1 is 1.15 bits per heavy atom. The Labute approximate surface area is 160 Å². The van der Waals surface area contributed by atoms with Gasteiger partial charge in [-0.2, -0.15) is 0 Å². The first-order chi connectivity index (χ1) is 12.8. The standard InChI is InChI=1S/C21H28N2O2S/c1-25-18-10-8-17(9-11-18)15-21(24)22-16-19(20-7-6-14-26-20)23-12-4-2-3-5-13-23/h6-11,14,19H,2-5,12-13,15-16H2,1H3,(H,22,24)/t19-/m0/s1. The van der Waals surface area contributed by atoms with Gasteiger partial charge in [0.1, 0.15) is 5.75 Å². The monoisotopic (exact) mass is 372 g/mol. The molecule has 0 unspecified atom stereocenters. The summed E-state index contributed by atoms with van der Waals surface area (Å²) >= 11 is 1.78. The highest BCUT2D eigenvalue weighted by Crippen LogP contribution is 2.27. The maximum absolute atomic E-state index is 12.4. The first-order valence-electron chi connectivity index (χ1n) is 9.43. The van der Waals surface area contributed by atoms with Crippen LogP contribution >= 0.6 is 11.3 Å². The third kappa shape index (κ3) is 5.32. The first-order valence-corrected chi connectivity index (χ1v) is 10.3. The van der Waals surface area contributed by atoms with Crippen molar-refractivity contribution in [3.63, 3.8) is 0 Å². The number of hydrogen-bond acceptors (Lipinski definition) is 4. The third-order valence-corrected chi connectivity index (χ3v) is 5.94. The second-order valence-electron chi connectivity index (χ2n) is 6.81. The molecule has 5 heteroatoms. The molecule has 2 aromatic rings. The molecule has 3 rings (SSSR count). The van der Waals surface area contributed by atoms with Crippen molar-refractivity contribution in [3.8, 4) is 5.75 Å². The van der Waals surface area contributed by atoms with Crippen LogP contribution in [0.3, 0.4) is 0 Å². The predicted molar refractivity (Wildman–Crippen MR) is 107 cm³/mol. The van der Waals surface area contributed by atoms with Gasteiger partial charge in [0.2, 0.25) is 5.91 Å². The molecule has 1 fully saturated rings. The zero-order chi connectivity index (χ0) is 18.2. The van der Waals surface area contributed by atoms with E-state index in [0.717, 1.165) is 24.4 Å². The summed E-state index contributed by atoms with van der Waals surface area (Å²) < 4.78 is 5.17. The summed E-state index contributed by atoms with van der Waals surface area (Å²) in [7, 11) is 1.65. The Hall–Kier alpha value is -1.85. The molecule has 0 bridgehead atoms. The number of methoxy groups -OCH3 is 1. The van der Waals surface area contributed by atoms with E-state index < -0.39 is 0 Å². The highest BCUT2D eigenvalue weighted by Gasteiger charge is 2.22. The van der Waals surface area contributed by atoms with Crippen molar-refractivity contribution in [1.82, 2.24) is 10.2 Å². The van der Waals surface area contributed by atoms with Gasteiger partial charge in [-0.3, -0.25) is 9.69 Å². The van der Waals surface area contributed by atoms with Gasteiger partial charge in [0.25, 0.3) is 0 Å². The summed E-state index contributed by atoms with van der Waals surface area (Å²) in [5, 5.41) is 5.28. The van der Waals surface area contributed by atoms with Gasteiger partial charge in [-0.15, -0.1) is 11.3 Å². The minimum atomic E-state index is 0.0755. The molecular formula is C21H28N2O2S. The number of hydrogen-bond donors (Lipinski definition) is 1. The number of benzene rings is 1. The van der Waals surface area contributed by atoms with E-state index in [1.807, 2.05) is 24.3 Å². The van der Waals surface area contributed by atoms with Crippen molar-refractivity contribution in [2.75, 3.05) is 26.7 Å². The third-order valence-electron chi connectivity index (χ3n) is 4.97. The summed E-state index contributed by atoms with van der Waals surface area (Å²) in [5.41, 5.74) is 1.01. The summed E-state index contributed by atoms with van der Waals surface area (Å²) in [6.45, 7) is 2.92. The minimum absolute atomic E-state index is 0.0755. The Bertz CT molecular complexity index is 662. The quantitative estimate of drug-likeness (QED) is 0.798. The van der Waals surface area contributed by atoms with Crippen molar-refractivity contribution in [1.29, 1.82) is 0 Å². The lowest BCUT2D eigenvalue weighted by atomic mass is 10.1. The minimum Gasteiger partial charge on any atom is -0.497 e. The van der Waals surface area contributed by atoms with E-state index in [1.165, 1.54) is 30.6 Å². The fraction of sp³-hybridized carbons (Fsp3) is 0.476. The molecule has 1 amide bonds. The molecule has 1 saturated heterocycles. The number of nitrogens with one attached hydrogen (secondary N) is 1. The molecule has 0 saturated carbocycles. The smallest absolute Gasteiger partial charge is 0.224 e. The maximum atomic E-state index is 12.4. The van der Waals surface area contributed by atoms with Crippen LogP contribution in [-0.4, -0.2) is 37.6 Å². The lowest BCUT2D eigenvalue weighted by molar-refractivity contribution is -0.120. The average Bonchev–Trinajstić information content (AvgIpc) is 3.05. The number of carbonyl (C=O) groups is 1. The fourth-order valence-corrected chi connectivity index (χ4v) is 4.36. The van der Waals surface area contributed by atoms with E-state index in [-0.39, 0.29) is 11.9 Å². The Morgan fingerprint density at radius 3 is 2.50 bits per heavy atom. The van der Waals surface area contributed by atoms with Crippen LogP contribution in [0.1, 0.15) is 42.2 Å². The molecule has 2 heterocycles. The summed E-state index contributed by atoms with van der Waals surface area (Å²) in [6.07, 6.45) is 5.54. The molecule has 4 nitrogen and oxygen atoms in total. The zero-order valence-corrected chi connectivity index (χ0v) is 16.3. The SMILES string of the molecule is COc1ccc(CC(=O)NC[C@@H](c2cccs2)N2CCCCCC2)cc1. The van der Waals surface area contributed by atoms with Crippen LogP contribution in [-0.2, 0) is 11.2 Å². The molecule has 1 aromatic carbocycles. The van der Waals surface area contributed by atoms with E-state index in [0.29, 0.717) is 13.0 Å². The fourth-order valence-electron chi connectivity index (χ4n) is 3.50. The first kappa shape index (κ1) is 18.9. The largest absolute Gasteiger partial charge is 0.497 e. The van der Waals surface area contributed by atoms with Crippen LogP contribution in [0, 0.1) is 0 Å². The Kier molecular flexibility index (Phi) is 7.09. The number of likely N-dealkylation sites (tertiary alicyclic amines) is 1. The number of ether oxygens (including phenoxy) is 1. The van der Waals surface area contributed by atoms with Crippen LogP contribution in [0.15, 0.2) is 41.8 Å². The second kappa shape index (κ2) is 9.74. The molecule has 140 valence electrons. The van der Waals surface area contributed by atoms with Crippen molar-refractivity contribution in [3.05, 3.63) is 52.2 Å². The summed E-state index contributed by atoms with van der Waals surface area (Å²) in [4.78, 5) is 16.3. The van der Waals surface area contributed by atoms with E-state index in [1.54, 1.807) is 18.4 Å². The molecule has 26 heavy (non-hydrogen) atoms. The molecule has 1 atom stereocenters. The van der Waals surface area contributed by atoms with Gasteiger partial charge in [-0.05, 0) is 55.1 Å². The number of rotatable bonds is 7. The molecular weight excluding hydrogens is 344 g/mol. The Balaban J connectivity index is 1.58. The van der Waals surface area contributed by atoms with Crippen molar-refractivity contribution in [2.24, 2.45) is 0 Å². The van der Waals surface area contributed by atoms with E-state index in [9.17, 15) is 4.79 Å².